The third-order valence-electron chi connectivity index (χ3n) is 5.05. The predicted molar refractivity (Wildman–Crippen MR) is 118 cm³/mol. The number of anilines is 2. The molecule has 7 nitrogen and oxygen atoms in total. The molecule has 0 spiro atoms. The molecule has 1 aliphatic heterocycles. The van der Waals surface area contributed by atoms with Crippen LogP contribution >= 0.6 is 0 Å². The summed E-state index contributed by atoms with van der Waals surface area (Å²) in [6, 6.07) is 14.0. The van der Waals surface area contributed by atoms with E-state index < -0.39 is 0 Å². The fraction of sp³-hybridized carbons (Fsp3) is 0.348. The molecule has 3 rings (SSSR count). The second-order valence-electron chi connectivity index (χ2n) is 7.61. The molecule has 1 heterocycles. The van der Waals surface area contributed by atoms with Crippen LogP contribution in [-0.4, -0.2) is 61.3 Å². The van der Waals surface area contributed by atoms with E-state index in [1.54, 1.807) is 62.6 Å². The molecule has 158 valence electrons. The van der Waals surface area contributed by atoms with Gasteiger partial charge in [0.25, 0.3) is 11.8 Å². The molecular weight excluding hydrogens is 380 g/mol. The number of hydrogen-bond donors (Lipinski definition) is 2. The van der Waals surface area contributed by atoms with Crippen LogP contribution in [0.2, 0.25) is 0 Å². The molecule has 0 atom stereocenters. The van der Waals surface area contributed by atoms with Gasteiger partial charge in [-0.1, -0.05) is 0 Å². The molecule has 0 bridgehead atoms. The molecule has 1 aliphatic rings. The standard InChI is InChI=1S/C23H28N4O3/c1-26(2)22(29)17-6-10-19(11-7-17)24-16-21(28)25-20-12-8-18(9-13-20)23(30)27-14-4-3-5-15-27/h6-13,24H,3-5,14-16H2,1-2H3,(H,25,28). The van der Waals surface area contributed by atoms with E-state index in [0.29, 0.717) is 16.8 Å². The number of carbonyl (C=O) groups is 3. The highest BCUT2D eigenvalue weighted by Gasteiger charge is 2.18. The first kappa shape index (κ1) is 21.4. The van der Waals surface area contributed by atoms with Crippen LogP contribution in [0.5, 0.6) is 0 Å². The van der Waals surface area contributed by atoms with Gasteiger partial charge in [-0.2, -0.15) is 0 Å². The average molecular weight is 409 g/mol. The van der Waals surface area contributed by atoms with Gasteiger partial charge in [0.1, 0.15) is 0 Å². The van der Waals surface area contributed by atoms with E-state index in [1.165, 1.54) is 11.3 Å². The van der Waals surface area contributed by atoms with Crippen molar-refractivity contribution < 1.29 is 14.4 Å². The van der Waals surface area contributed by atoms with Crippen molar-refractivity contribution in [2.45, 2.75) is 19.3 Å². The van der Waals surface area contributed by atoms with Crippen LogP contribution in [0.25, 0.3) is 0 Å². The van der Waals surface area contributed by atoms with Crippen molar-refractivity contribution in [2.75, 3.05) is 44.4 Å². The molecule has 7 heteroatoms. The Morgan fingerprint density at radius 3 is 2.00 bits per heavy atom. The van der Waals surface area contributed by atoms with Gasteiger partial charge in [0.15, 0.2) is 0 Å². The highest BCUT2D eigenvalue weighted by molar-refractivity contribution is 5.97. The summed E-state index contributed by atoms with van der Waals surface area (Å²) in [5, 5.41) is 5.85. The Balaban J connectivity index is 1.49. The summed E-state index contributed by atoms with van der Waals surface area (Å²) in [6.45, 7) is 1.72. The molecule has 2 aromatic rings. The van der Waals surface area contributed by atoms with Gasteiger partial charge >= 0.3 is 0 Å². The van der Waals surface area contributed by atoms with E-state index >= 15 is 0 Å². The first-order valence-electron chi connectivity index (χ1n) is 10.2. The Kier molecular flexibility index (Phi) is 7.06. The van der Waals surface area contributed by atoms with Crippen molar-refractivity contribution in [3.63, 3.8) is 0 Å². The third-order valence-corrected chi connectivity index (χ3v) is 5.05. The quantitative estimate of drug-likeness (QED) is 0.770. The summed E-state index contributed by atoms with van der Waals surface area (Å²) in [7, 11) is 3.41. The summed E-state index contributed by atoms with van der Waals surface area (Å²) in [4.78, 5) is 40.0. The lowest BCUT2D eigenvalue weighted by atomic mass is 10.1. The summed E-state index contributed by atoms with van der Waals surface area (Å²) in [5.41, 5.74) is 2.63. The van der Waals surface area contributed by atoms with Gasteiger partial charge in [-0.15, -0.1) is 0 Å². The normalized spacial score (nSPS) is 13.5. The Morgan fingerprint density at radius 2 is 1.40 bits per heavy atom. The van der Waals surface area contributed by atoms with Gasteiger partial charge in [-0.25, -0.2) is 0 Å². The molecule has 1 saturated heterocycles. The topological polar surface area (TPSA) is 81.8 Å². The monoisotopic (exact) mass is 408 g/mol. The number of piperidine rings is 1. The Bertz CT molecular complexity index is 886. The van der Waals surface area contributed by atoms with E-state index in [2.05, 4.69) is 10.6 Å². The number of benzene rings is 2. The molecule has 0 aliphatic carbocycles. The van der Waals surface area contributed by atoms with Crippen LogP contribution in [0.3, 0.4) is 0 Å². The van der Waals surface area contributed by atoms with Crippen molar-refractivity contribution in [1.82, 2.24) is 9.80 Å². The second-order valence-corrected chi connectivity index (χ2v) is 7.61. The van der Waals surface area contributed by atoms with E-state index in [0.717, 1.165) is 31.6 Å². The Morgan fingerprint density at radius 1 is 0.833 bits per heavy atom. The first-order valence-corrected chi connectivity index (χ1v) is 10.2. The number of hydrogen-bond acceptors (Lipinski definition) is 4. The highest BCUT2D eigenvalue weighted by atomic mass is 16.2. The maximum absolute atomic E-state index is 12.5. The van der Waals surface area contributed by atoms with E-state index in [1.807, 2.05) is 4.90 Å². The van der Waals surface area contributed by atoms with Crippen LogP contribution in [0.4, 0.5) is 11.4 Å². The van der Waals surface area contributed by atoms with Gasteiger partial charge in [-0.05, 0) is 67.8 Å². The zero-order chi connectivity index (χ0) is 21.5. The minimum absolute atomic E-state index is 0.0467. The molecule has 0 radical (unpaired) electrons. The molecule has 0 unspecified atom stereocenters. The van der Waals surface area contributed by atoms with Crippen molar-refractivity contribution >= 4 is 29.1 Å². The van der Waals surface area contributed by atoms with E-state index in [4.69, 9.17) is 0 Å². The summed E-state index contributed by atoms with van der Waals surface area (Å²) < 4.78 is 0. The first-order chi connectivity index (χ1) is 14.4. The van der Waals surface area contributed by atoms with Crippen LogP contribution in [0.15, 0.2) is 48.5 Å². The van der Waals surface area contributed by atoms with E-state index in [9.17, 15) is 14.4 Å². The Labute approximate surface area is 177 Å². The van der Waals surface area contributed by atoms with Crippen LogP contribution < -0.4 is 10.6 Å². The second kappa shape index (κ2) is 9.91. The number of carbonyl (C=O) groups excluding carboxylic acids is 3. The van der Waals surface area contributed by atoms with Gasteiger partial charge in [0.05, 0.1) is 6.54 Å². The number of nitrogens with one attached hydrogen (secondary N) is 2. The zero-order valence-electron chi connectivity index (χ0n) is 17.5. The number of likely N-dealkylation sites (tertiary alicyclic amines) is 1. The van der Waals surface area contributed by atoms with Crippen molar-refractivity contribution in [2.24, 2.45) is 0 Å². The molecule has 0 saturated carbocycles. The van der Waals surface area contributed by atoms with Gasteiger partial charge in [0.2, 0.25) is 5.91 Å². The highest BCUT2D eigenvalue weighted by Crippen LogP contribution is 2.16. The Hall–Kier alpha value is -3.35. The smallest absolute Gasteiger partial charge is 0.253 e. The minimum Gasteiger partial charge on any atom is -0.376 e. The van der Waals surface area contributed by atoms with Gasteiger partial charge in [-0.3, -0.25) is 14.4 Å². The average Bonchev–Trinajstić information content (AvgIpc) is 2.78. The molecule has 0 aromatic heterocycles. The van der Waals surface area contributed by atoms with Crippen LogP contribution in [0.1, 0.15) is 40.0 Å². The van der Waals surface area contributed by atoms with Crippen LogP contribution in [-0.2, 0) is 4.79 Å². The lowest BCUT2D eigenvalue weighted by Crippen LogP contribution is -2.35. The molecule has 1 fully saturated rings. The summed E-state index contributed by atoms with van der Waals surface area (Å²) >= 11 is 0. The zero-order valence-corrected chi connectivity index (χ0v) is 17.5. The molecule has 2 aromatic carbocycles. The van der Waals surface area contributed by atoms with Crippen molar-refractivity contribution in [1.29, 1.82) is 0 Å². The molecular formula is C23H28N4O3. The van der Waals surface area contributed by atoms with Crippen molar-refractivity contribution in [3.8, 4) is 0 Å². The van der Waals surface area contributed by atoms with Crippen LogP contribution in [0, 0.1) is 0 Å². The lowest BCUT2D eigenvalue weighted by Gasteiger charge is -2.26. The maximum atomic E-state index is 12.5. The summed E-state index contributed by atoms with van der Waals surface area (Å²) in [5.74, 6) is -0.217. The fourth-order valence-corrected chi connectivity index (χ4v) is 3.35. The predicted octanol–water partition coefficient (Wildman–Crippen LogP) is 3.07. The molecule has 2 N–H and O–H groups in total. The number of amides is 3. The molecule has 30 heavy (non-hydrogen) atoms. The lowest BCUT2D eigenvalue weighted by molar-refractivity contribution is -0.114. The largest absolute Gasteiger partial charge is 0.376 e. The number of rotatable bonds is 6. The number of nitrogens with zero attached hydrogens (tertiary/aromatic N) is 2. The van der Waals surface area contributed by atoms with Gasteiger partial charge < -0.3 is 20.4 Å². The third kappa shape index (κ3) is 5.59. The minimum atomic E-state index is -0.196. The fourth-order valence-electron chi connectivity index (χ4n) is 3.35. The summed E-state index contributed by atoms with van der Waals surface area (Å²) in [6.07, 6.45) is 3.30. The van der Waals surface area contributed by atoms with E-state index in [-0.39, 0.29) is 24.3 Å². The van der Waals surface area contributed by atoms with Crippen molar-refractivity contribution in [3.05, 3.63) is 59.7 Å². The molecule has 3 amide bonds. The van der Waals surface area contributed by atoms with Gasteiger partial charge in [0, 0.05) is 49.7 Å². The SMILES string of the molecule is CN(C)C(=O)c1ccc(NCC(=O)Nc2ccc(C(=O)N3CCCCC3)cc2)cc1. The maximum Gasteiger partial charge on any atom is 0.253 e.